The second-order valence-corrected chi connectivity index (χ2v) is 1.50. The van der Waals surface area contributed by atoms with Crippen LogP contribution in [0.2, 0.25) is 0 Å². The van der Waals surface area contributed by atoms with Crippen molar-refractivity contribution in [3.8, 4) is 0 Å². The number of hydrazone groups is 1. The molecule has 4 heteroatoms. The molecular formula is C4H6N2O2. The van der Waals surface area contributed by atoms with E-state index < -0.39 is 6.09 Å². The summed E-state index contributed by atoms with van der Waals surface area (Å²) in [6.07, 6.45) is 0.838. The van der Waals surface area contributed by atoms with Gasteiger partial charge in [-0.05, 0) is 6.92 Å². The molecule has 1 rings (SSSR count). The van der Waals surface area contributed by atoms with Crippen molar-refractivity contribution < 1.29 is 9.53 Å². The SMILES string of the molecule is CC1C=NNC(=O)O1. The molecule has 4 nitrogen and oxygen atoms in total. The maximum Gasteiger partial charge on any atom is 0.428 e. The third kappa shape index (κ3) is 0.959. The quantitative estimate of drug-likeness (QED) is 0.485. The number of nitrogens with zero attached hydrogens (tertiary/aromatic N) is 1. The number of cyclic esters (lactones) is 1. The van der Waals surface area contributed by atoms with Crippen LogP contribution in [0.1, 0.15) is 6.92 Å². The summed E-state index contributed by atoms with van der Waals surface area (Å²) in [7, 11) is 0. The van der Waals surface area contributed by atoms with Crippen molar-refractivity contribution in [2.75, 3.05) is 0 Å². The summed E-state index contributed by atoms with van der Waals surface area (Å²) in [6, 6.07) is 0. The highest BCUT2D eigenvalue weighted by atomic mass is 16.6. The highest BCUT2D eigenvalue weighted by Gasteiger charge is 2.09. The van der Waals surface area contributed by atoms with E-state index in [-0.39, 0.29) is 6.10 Å². The highest BCUT2D eigenvalue weighted by molar-refractivity contribution is 5.76. The van der Waals surface area contributed by atoms with Crippen molar-refractivity contribution in [1.29, 1.82) is 0 Å². The topological polar surface area (TPSA) is 50.7 Å². The van der Waals surface area contributed by atoms with Gasteiger partial charge < -0.3 is 4.74 Å². The van der Waals surface area contributed by atoms with E-state index in [1.54, 1.807) is 6.92 Å². The van der Waals surface area contributed by atoms with Gasteiger partial charge in [-0.15, -0.1) is 0 Å². The molecule has 0 saturated carbocycles. The smallest absolute Gasteiger partial charge is 0.428 e. The molecule has 8 heavy (non-hydrogen) atoms. The van der Waals surface area contributed by atoms with E-state index >= 15 is 0 Å². The fraction of sp³-hybridized carbons (Fsp3) is 0.500. The lowest BCUT2D eigenvalue weighted by Gasteiger charge is -2.11. The molecule has 44 valence electrons. The van der Waals surface area contributed by atoms with Crippen molar-refractivity contribution in [2.24, 2.45) is 5.10 Å². The Kier molecular flexibility index (Phi) is 1.15. The molecule has 0 aromatic carbocycles. The number of rotatable bonds is 0. The summed E-state index contributed by atoms with van der Waals surface area (Å²) in [5, 5.41) is 3.49. The minimum Gasteiger partial charge on any atom is -0.439 e. The fourth-order valence-electron chi connectivity index (χ4n) is 0.421. The van der Waals surface area contributed by atoms with Crippen LogP contribution in [0.25, 0.3) is 0 Å². The Labute approximate surface area is 46.5 Å². The van der Waals surface area contributed by atoms with Gasteiger partial charge >= 0.3 is 6.09 Å². The Morgan fingerprint density at radius 3 is 3.12 bits per heavy atom. The van der Waals surface area contributed by atoms with Gasteiger partial charge in [0, 0.05) is 0 Å². The van der Waals surface area contributed by atoms with Crippen LogP contribution in [0.5, 0.6) is 0 Å². The van der Waals surface area contributed by atoms with Crippen molar-refractivity contribution in [2.45, 2.75) is 13.0 Å². The van der Waals surface area contributed by atoms with E-state index in [1.807, 2.05) is 0 Å². The van der Waals surface area contributed by atoms with Gasteiger partial charge in [0.25, 0.3) is 0 Å². The maximum atomic E-state index is 10.2. The lowest BCUT2D eigenvalue weighted by Crippen LogP contribution is -2.30. The van der Waals surface area contributed by atoms with Crippen LogP contribution in [0.3, 0.4) is 0 Å². The van der Waals surface area contributed by atoms with Crippen LogP contribution in [0.4, 0.5) is 4.79 Å². The fourth-order valence-corrected chi connectivity index (χ4v) is 0.421. The summed E-state index contributed by atoms with van der Waals surface area (Å²) in [5.41, 5.74) is 2.12. The summed E-state index contributed by atoms with van der Waals surface area (Å²) >= 11 is 0. The molecule has 0 aromatic heterocycles. The number of ether oxygens (including phenoxy) is 1. The first-order valence-electron chi connectivity index (χ1n) is 2.29. The first-order valence-corrected chi connectivity index (χ1v) is 2.29. The van der Waals surface area contributed by atoms with Gasteiger partial charge in [0.15, 0.2) is 0 Å². The third-order valence-electron chi connectivity index (χ3n) is 0.733. The number of amides is 1. The van der Waals surface area contributed by atoms with E-state index in [0.717, 1.165) is 0 Å². The van der Waals surface area contributed by atoms with Crippen LogP contribution in [-0.2, 0) is 4.74 Å². The first kappa shape index (κ1) is 5.08. The molecule has 0 aliphatic carbocycles. The van der Waals surface area contributed by atoms with E-state index in [2.05, 4.69) is 15.3 Å². The normalized spacial score (nSPS) is 26.6. The minimum atomic E-state index is -0.486. The molecule has 1 amide bonds. The summed E-state index contributed by atoms with van der Waals surface area (Å²) in [5.74, 6) is 0. The van der Waals surface area contributed by atoms with Crippen LogP contribution in [-0.4, -0.2) is 18.4 Å². The molecule has 0 radical (unpaired) electrons. The van der Waals surface area contributed by atoms with Gasteiger partial charge in [0.2, 0.25) is 0 Å². The molecule has 0 bridgehead atoms. The van der Waals surface area contributed by atoms with Gasteiger partial charge in [-0.2, -0.15) is 5.10 Å². The van der Waals surface area contributed by atoms with E-state index in [9.17, 15) is 4.79 Å². The Morgan fingerprint density at radius 1 is 2.00 bits per heavy atom. The number of carbonyl (C=O) groups excluding carboxylic acids is 1. The standard InChI is InChI=1S/C4H6N2O2/c1-3-2-5-6-4(7)8-3/h2-3H,1H3,(H,6,7). The highest BCUT2D eigenvalue weighted by Crippen LogP contribution is 1.91. The average molecular weight is 114 g/mol. The first-order chi connectivity index (χ1) is 3.79. The second-order valence-electron chi connectivity index (χ2n) is 1.50. The van der Waals surface area contributed by atoms with Crippen molar-refractivity contribution in [1.82, 2.24) is 5.43 Å². The average Bonchev–Trinajstić information content (AvgIpc) is 1.64. The Balaban J connectivity index is 2.54. The number of carbonyl (C=O) groups is 1. The van der Waals surface area contributed by atoms with E-state index in [1.165, 1.54) is 6.21 Å². The van der Waals surface area contributed by atoms with Crippen LogP contribution in [0, 0.1) is 0 Å². The predicted octanol–water partition coefficient (Wildman–Crippen LogP) is 0.101. The van der Waals surface area contributed by atoms with E-state index in [4.69, 9.17) is 0 Å². The number of hydrogen-bond acceptors (Lipinski definition) is 3. The summed E-state index contributed by atoms with van der Waals surface area (Å²) in [6.45, 7) is 1.74. The molecule has 1 heterocycles. The monoisotopic (exact) mass is 114 g/mol. The molecule has 0 spiro atoms. The zero-order chi connectivity index (χ0) is 5.98. The van der Waals surface area contributed by atoms with Gasteiger partial charge in [-0.3, -0.25) is 0 Å². The molecular weight excluding hydrogens is 108 g/mol. The number of nitrogens with one attached hydrogen (secondary N) is 1. The molecule has 0 saturated heterocycles. The third-order valence-corrected chi connectivity index (χ3v) is 0.733. The summed E-state index contributed by atoms with van der Waals surface area (Å²) in [4.78, 5) is 10.2. The zero-order valence-corrected chi connectivity index (χ0v) is 4.42. The summed E-state index contributed by atoms with van der Waals surface area (Å²) < 4.78 is 4.59. The van der Waals surface area contributed by atoms with Gasteiger partial charge in [-0.25, -0.2) is 10.2 Å². The molecule has 0 fully saturated rings. The van der Waals surface area contributed by atoms with Crippen LogP contribution in [0.15, 0.2) is 5.10 Å². The molecule has 1 unspecified atom stereocenters. The zero-order valence-electron chi connectivity index (χ0n) is 4.42. The van der Waals surface area contributed by atoms with Gasteiger partial charge in [-0.1, -0.05) is 0 Å². The molecule has 1 aliphatic rings. The van der Waals surface area contributed by atoms with Crippen LogP contribution < -0.4 is 5.43 Å². The maximum absolute atomic E-state index is 10.2. The van der Waals surface area contributed by atoms with E-state index in [0.29, 0.717) is 0 Å². The second kappa shape index (κ2) is 1.81. The Morgan fingerprint density at radius 2 is 2.75 bits per heavy atom. The molecule has 1 atom stereocenters. The minimum absolute atomic E-state index is 0.191. The van der Waals surface area contributed by atoms with Crippen molar-refractivity contribution in [3.05, 3.63) is 0 Å². The predicted molar refractivity (Wildman–Crippen MR) is 27.6 cm³/mol. The lowest BCUT2D eigenvalue weighted by atomic mass is 10.4. The molecule has 1 aliphatic heterocycles. The van der Waals surface area contributed by atoms with Crippen molar-refractivity contribution in [3.63, 3.8) is 0 Å². The number of hydrogen-bond donors (Lipinski definition) is 1. The van der Waals surface area contributed by atoms with Gasteiger partial charge in [0.1, 0.15) is 6.10 Å². The van der Waals surface area contributed by atoms with Crippen molar-refractivity contribution >= 4 is 12.3 Å². The Bertz CT molecular complexity index is 132. The molecule has 0 aromatic rings. The van der Waals surface area contributed by atoms with Gasteiger partial charge in [0.05, 0.1) is 6.21 Å². The Hall–Kier alpha value is -1.06. The largest absolute Gasteiger partial charge is 0.439 e. The lowest BCUT2D eigenvalue weighted by molar-refractivity contribution is 0.130. The molecule has 1 N–H and O–H groups in total. The van der Waals surface area contributed by atoms with Crippen LogP contribution >= 0.6 is 0 Å².